The standard InChI is InChI=1S/C14H10FN3O2/c1-7-2-8(4-10(15)3-7)12-17-11-5-9(14(19)20)6-16-13(11)18-12/h2-6H,1H3,(H,19,20)(H,16,17,18). The molecule has 20 heavy (non-hydrogen) atoms. The summed E-state index contributed by atoms with van der Waals surface area (Å²) in [7, 11) is 0. The van der Waals surface area contributed by atoms with Crippen LogP contribution in [0.5, 0.6) is 0 Å². The Morgan fingerprint density at radius 3 is 2.80 bits per heavy atom. The van der Waals surface area contributed by atoms with Crippen LogP contribution < -0.4 is 0 Å². The lowest BCUT2D eigenvalue weighted by Crippen LogP contribution is -1.96. The lowest BCUT2D eigenvalue weighted by Gasteiger charge is -1.99. The zero-order valence-corrected chi connectivity index (χ0v) is 10.5. The summed E-state index contributed by atoms with van der Waals surface area (Å²) in [6.07, 6.45) is 1.24. The predicted molar refractivity (Wildman–Crippen MR) is 71.0 cm³/mol. The average molecular weight is 271 g/mol. The molecule has 0 fully saturated rings. The van der Waals surface area contributed by atoms with E-state index in [0.717, 1.165) is 5.56 Å². The van der Waals surface area contributed by atoms with Crippen LogP contribution in [0, 0.1) is 12.7 Å². The van der Waals surface area contributed by atoms with Crippen LogP contribution in [0.25, 0.3) is 22.6 Å². The molecule has 0 atom stereocenters. The number of imidazole rings is 1. The van der Waals surface area contributed by atoms with Crippen molar-refractivity contribution >= 4 is 17.1 Å². The Morgan fingerprint density at radius 2 is 2.10 bits per heavy atom. The number of aromatic amines is 1. The minimum atomic E-state index is -1.06. The second kappa shape index (κ2) is 4.41. The van der Waals surface area contributed by atoms with Crippen LogP contribution >= 0.6 is 0 Å². The van der Waals surface area contributed by atoms with Crippen LogP contribution in [0.3, 0.4) is 0 Å². The molecule has 0 aliphatic heterocycles. The molecule has 2 aromatic heterocycles. The van der Waals surface area contributed by atoms with E-state index in [4.69, 9.17) is 5.11 Å². The zero-order chi connectivity index (χ0) is 14.3. The van der Waals surface area contributed by atoms with Crippen LogP contribution in [0.4, 0.5) is 4.39 Å². The summed E-state index contributed by atoms with van der Waals surface area (Å²) in [6, 6.07) is 6.03. The summed E-state index contributed by atoms with van der Waals surface area (Å²) in [4.78, 5) is 22.1. The number of halogens is 1. The Morgan fingerprint density at radius 1 is 1.30 bits per heavy atom. The maximum atomic E-state index is 13.4. The molecule has 0 aliphatic carbocycles. The van der Waals surface area contributed by atoms with Gasteiger partial charge in [0.2, 0.25) is 0 Å². The van der Waals surface area contributed by atoms with E-state index in [-0.39, 0.29) is 11.4 Å². The number of carbonyl (C=O) groups is 1. The number of carboxylic acids is 1. The highest BCUT2D eigenvalue weighted by atomic mass is 19.1. The van der Waals surface area contributed by atoms with E-state index in [1.807, 2.05) is 0 Å². The van der Waals surface area contributed by atoms with Crippen LogP contribution in [0.2, 0.25) is 0 Å². The van der Waals surface area contributed by atoms with Crippen molar-refractivity contribution < 1.29 is 14.3 Å². The molecular formula is C14H10FN3O2. The summed E-state index contributed by atoms with van der Waals surface area (Å²) < 4.78 is 13.4. The smallest absolute Gasteiger partial charge is 0.337 e. The first kappa shape index (κ1) is 12.3. The molecule has 3 rings (SSSR count). The molecule has 2 heterocycles. The second-order valence-corrected chi connectivity index (χ2v) is 4.50. The van der Waals surface area contributed by atoms with Gasteiger partial charge in [-0.05, 0) is 36.8 Å². The number of benzene rings is 1. The first-order valence-corrected chi connectivity index (χ1v) is 5.89. The van der Waals surface area contributed by atoms with Gasteiger partial charge in [0, 0.05) is 11.8 Å². The first-order chi connectivity index (χ1) is 9.52. The van der Waals surface area contributed by atoms with Crippen molar-refractivity contribution in [3.8, 4) is 11.4 Å². The van der Waals surface area contributed by atoms with Gasteiger partial charge in [0.1, 0.15) is 11.6 Å². The molecule has 0 unspecified atom stereocenters. The van der Waals surface area contributed by atoms with Crippen molar-refractivity contribution in [1.29, 1.82) is 0 Å². The molecule has 1 aromatic carbocycles. The van der Waals surface area contributed by atoms with Crippen molar-refractivity contribution in [2.24, 2.45) is 0 Å². The van der Waals surface area contributed by atoms with E-state index in [2.05, 4.69) is 15.0 Å². The fourth-order valence-electron chi connectivity index (χ4n) is 2.03. The number of H-pyrrole nitrogens is 1. The monoisotopic (exact) mass is 271 g/mol. The van der Waals surface area contributed by atoms with Crippen molar-refractivity contribution in [2.45, 2.75) is 6.92 Å². The number of hydrogen-bond acceptors (Lipinski definition) is 3. The van der Waals surface area contributed by atoms with Crippen LogP contribution in [0.1, 0.15) is 15.9 Å². The van der Waals surface area contributed by atoms with Gasteiger partial charge in [-0.25, -0.2) is 19.2 Å². The van der Waals surface area contributed by atoms with Gasteiger partial charge in [0.25, 0.3) is 0 Å². The Balaban J connectivity index is 2.15. The maximum absolute atomic E-state index is 13.4. The van der Waals surface area contributed by atoms with Crippen molar-refractivity contribution in [3.05, 3.63) is 47.4 Å². The van der Waals surface area contributed by atoms with Gasteiger partial charge in [-0.2, -0.15) is 0 Å². The number of carboxylic acid groups (broad SMARTS) is 1. The highest BCUT2D eigenvalue weighted by Gasteiger charge is 2.11. The number of aromatic nitrogens is 3. The van der Waals surface area contributed by atoms with Gasteiger partial charge in [-0.1, -0.05) is 0 Å². The third kappa shape index (κ3) is 2.11. The summed E-state index contributed by atoms with van der Waals surface area (Å²) >= 11 is 0. The fraction of sp³-hybridized carbons (Fsp3) is 0.0714. The predicted octanol–water partition coefficient (Wildman–Crippen LogP) is 2.77. The van der Waals surface area contributed by atoms with E-state index in [1.165, 1.54) is 24.4 Å². The molecule has 0 bridgehead atoms. The number of nitrogens with zero attached hydrogens (tertiary/aromatic N) is 2. The number of aromatic carboxylic acids is 1. The molecule has 0 saturated carbocycles. The quantitative estimate of drug-likeness (QED) is 0.751. The number of rotatable bonds is 2. The van der Waals surface area contributed by atoms with Crippen molar-refractivity contribution in [3.63, 3.8) is 0 Å². The zero-order valence-electron chi connectivity index (χ0n) is 10.5. The number of hydrogen-bond donors (Lipinski definition) is 2. The average Bonchev–Trinajstić information content (AvgIpc) is 2.80. The molecule has 3 aromatic rings. The van der Waals surface area contributed by atoms with E-state index in [9.17, 15) is 9.18 Å². The van der Waals surface area contributed by atoms with Gasteiger partial charge >= 0.3 is 5.97 Å². The van der Waals surface area contributed by atoms with E-state index >= 15 is 0 Å². The lowest BCUT2D eigenvalue weighted by molar-refractivity contribution is 0.0696. The van der Waals surface area contributed by atoms with Gasteiger partial charge in [0.15, 0.2) is 5.65 Å². The first-order valence-electron chi connectivity index (χ1n) is 5.89. The van der Waals surface area contributed by atoms with Gasteiger partial charge < -0.3 is 10.1 Å². The summed E-state index contributed by atoms with van der Waals surface area (Å²) in [5.41, 5.74) is 2.34. The van der Waals surface area contributed by atoms with Gasteiger partial charge in [-0.15, -0.1) is 0 Å². The SMILES string of the molecule is Cc1cc(F)cc(-c2nc3ncc(C(=O)O)cc3[nH]2)c1. The summed E-state index contributed by atoms with van der Waals surface area (Å²) in [5, 5.41) is 8.92. The Kier molecular flexibility index (Phi) is 2.71. The number of fused-ring (bicyclic) bond motifs is 1. The van der Waals surface area contributed by atoms with E-state index in [1.54, 1.807) is 13.0 Å². The second-order valence-electron chi connectivity index (χ2n) is 4.50. The maximum Gasteiger partial charge on any atom is 0.337 e. The highest BCUT2D eigenvalue weighted by molar-refractivity contribution is 5.91. The topological polar surface area (TPSA) is 78.9 Å². The van der Waals surface area contributed by atoms with Crippen LogP contribution in [0.15, 0.2) is 30.5 Å². The minimum absolute atomic E-state index is 0.0723. The van der Waals surface area contributed by atoms with Crippen LogP contribution in [-0.2, 0) is 0 Å². The Bertz CT molecular complexity index is 806. The van der Waals surface area contributed by atoms with Crippen molar-refractivity contribution in [2.75, 3.05) is 0 Å². The molecule has 0 amide bonds. The molecule has 0 radical (unpaired) electrons. The van der Waals surface area contributed by atoms with E-state index < -0.39 is 5.97 Å². The van der Waals surface area contributed by atoms with E-state index in [0.29, 0.717) is 22.6 Å². The number of pyridine rings is 1. The molecular weight excluding hydrogens is 261 g/mol. The highest BCUT2D eigenvalue weighted by Crippen LogP contribution is 2.22. The third-order valence-electron chi connectivity index (χ3n) is 2.90. The fourth-order valence-corrected chi connectivity index (χ4v) is 2.03. The third-order valence-corrected chi connectivity index (χ3v) is 2.90. The Hall–Kier alpha value is -2.76. The Labute approximate surface area is 113 Å². The largest absolute Gasteiger partial charge is 0.478 e. The molecule has 0 spiro atoms. The molecule has 0 aliphatic rings. The molecule has 6 heteroatoms. The normalized spacial score (nSPS) is 10.9. The van der Waals surface area contributed by atoms with Crippen LogP contribution in [-0.4, -0.2) is 26.0 Å². The minimum Gasteiger partial charge on any atom is -0.478 e. The number of aryl methyl sites for hydroxylation is 1. The number of nitrogens with one attached hydrogen (secondary N) is 1. The molecule has 2 N–H and O–H groups in total. The molecule has 100 valence electrons. The van der Waals surface area contributed by atoms with Gasteiger partial charge in [-0.3, -0.25) is 0 Å². The van der Waals surface area contributed by atoms with Crippen molar-refractivity contribution in [1.82, 2.24) is 15.0 Å². The summed E-state index contributed by atoms with van der Waals surface area (Å²) in [5.74, 6) is -0.950. The van der Waals surface area contributed by atoms with Gasteiger partial charge in [0.05, 0.1) is 11.1 Å². The lowest BCUT2D eigenvalue weighted by atomic mass is 10.1. The molecule has 5 nitrogen and oxygen atoms in total. The molecule has 0 saturated heterocycles. The summed E-state index contributed by atoms with van der Waals surface area (Å²) in [6.45, 7) is 1.79.